The number of aromatic nitrogens is 2. The van der Waals surface area contributed by atoms with Crippen LogP contribution >= 0.6 is 0 Å². The first-order chi connectivity index (χ1) is 13.3. The fourth-order valence-electron chi connectivity index (χ4n) is 2.77. The van der Waals surface area contributed by atoms with Crippen LogP contribution in [-0.4, -0.2) is 36.7 Å². The van der Waals surface area contributed by atoms with E-state index in [1.165, 1.54) is 0 Å². The van der Waals surface area contributed by atoms with Gasteiger partial charge >= 0.3 is 0 Å². The summed E-state index contributed by atoms with van der Waals surface area (Å²) in [6.45, 7) is 1.92. The topological polar surface area (TPSA) is 84.3 Å². The minimum atomic E-state index is -3.58. The number of nitrogens with zero attached hydrogens (tertiary/aromatic N) is 3. The van der Waals surface area contributed by atoms with Crippen LogP contribution in [0.15, 0.2) is 67.3 Å². The smallest absolute Gasteiger partial charge is 0.241 e. The van der Waals surface area contributed by atoms with Gasteiger partial charge in [0.05, 0.1) is 18.3 Å². The van der Waals surface area contributed by atoms with Crippen molar-refractivity contribution < 1.29 is 13.2 Å². The molecule has 3 aromatic rings. The van der Waals surface area contributed by atoms with Crippen molar-refractivity contribution >= 4 is 21.6 Å². The van der Waals surface area contributed by atoms with Gasteiger partial charge in [0, 0.05) is 24.6 Å². The van der Waals surface area contributed by atoms with Crippen molar-refractivity contribution in [3.8, 4) is 5.69 Å². The number of anilines is 1. The molecule has 0 aliphatic heterocycles. The lowest BCUT2D eigenvalue weighted by Crippen LogP contribution is -2.40. The van der Waals surface area contributed by atoms with Crippen LogP contribution in [0.2, 0.25) is 0 Å². The Morgan fingerprint density at radius 3 is 2.54 bits per heavy atom. The maximum Gasteiger partial charge on any atom is 0.241 e. The Bertz CT molecular complexity index is 1050. The first-order valence-electron chi connectivity index (χ1n) is 8.71. The zero-order valence-corrected chi connectivity index (χ0v) is 16.6. The van der Waals surface area contributed by atoms with Crippen molar-refractivity contribution in [2.75, 3.05) is 17.1 Å². The van der Waals surface area contributed by atoms with Gasteiger partial charge in [-0.3, -0.25) is 9.10 Å². The second-order valence-electron chi connectivity index (χ2n) is 6.52. The number of nitrogens with one attached hydrogen (secondary N) is 1. The Kier molecular flexibility index (Phi) is 5.79. The highest BCUT2D eigenvalue weighted by Gasteiger charge is 2.20. The third-order valence-electron chi connectivity index (χ3n) is 4.21. The van der Waals surface area contributed by atoms with E-state index in [-0.39, 0.29) is 12.5 Å². The molecule has 146 valence electrons. The van der Waals surface area contributed by atoms with Crippen LogP contribution in [0.4, 0.5) is 5.69 Å². The van der Waals surface area contributed by atoms with E-state index in [4.69, 9.17) is 0 Å². The molecular weight excluding hydrogens is 376 g/mol. The van der Waals surface area contributed by atoms with Gasteiger partial charge in [-0.15, -0.1) is 0 Å². The van der Waals surface area contributed by atoms with E-state index >= 15 is 0 Å². The van der Waals surface area contributed by atoms with Gasteiger partial charge < -0.3 is 9.88 Å². The first-order valence-corrected chi connectivity index (χ1v) is 10.6. The van der Waals surface area contributed by atoms with E-state index in [2.05, 4.69) is 10.3 Å². The quantitative estimate of drug-likeness (QED) is 0.662. The van der Waals surface area contributed by atoms with Crippen LogP contribution in [0.1, 0.15) is 11.1 Å². The van der Waals surface area contributed by atoms with Gasteiger partial charge in [-0.25, -0.2) is 13.4 Å². The van der Waals surface area contributed by atoms with Gasteiger partial charge in [0.15, 0.2) is 0 Å². The second-order valence-corrected chi connectivity index (χ2v) is 8.43. The number of hydrogen-bond donors (Lipinski definition) is 1. The number of hydrogen-bond acceptors (Lipinski definition) is 4. The number of sulfonamides is 1. The third kappa shape index (κ3) is 4.98. The number of imidazole rings is 1. The highest BCUT2D eigenvalue weighted by atomic mass is 32.2. The molecule has 1 aromatic heterocycles. The van der Waals surface area contributed by atoms with Crippen molar-refractivity contribution in [3.63, 3.8) is 0 Å². The standard InChI is InChI=1S/C20H22N4O3S/c1-16-4-3-5-19(12-16)24(28(2,26)27)14-20(25)22-13-17-6-8-18(9-7-17)23-11-10-21-15-23/h3-12,15H,13-14H2,1-2H3,(H,22,25). The molecule has 0 saturated carbocycles. The molecule has 1 heterocycles. The summed E-state index contributed by atoms with van der Waals surface area (Å²) in [6, 6.07) is 14.7. The zero-order valence-electron chi connectivity index (χ0n) is 15.7. The predicted molar refractivity (Wildman–Crippen MR) is 109 cm³/mol. The van der Waals surface area contributed by atoms with Crippen molar-refractivity contribution in [2.24, 2.45) is 0 Å². The summed E-state index contributed by atoms with van der Waals surface area (Å²) in [4.78, 5) is 16.4. The molecule has 0 aliphatic rings. The van der Waals surface area contributed by atoms with Crippen LogP contribution < -0.4 is 9.62 Å². The first kappa shape index (κ1) is 19.6. The van der Waals surface area contributed by atoms with E-state index in [9.17, 15) is 13.2 Å². The molecule has 0 radical (unpaired) electrons. The molecule has 1 amide bonds. The second kappa shape index (κ2) is 8.26. The van der Waals surface area contributed by atoms with Crippen molar-refractivity contribution in [1.82, 2.24) is 14.9 Å². The van der Waals surface area contributed by atoms with Gasteiger partial charge in [0.25, 0.3) is 0 Å². The van der Waals surface area contributed by atoms with Gasteiger partial charge in [-0.05, 0) is 42.3 Å². The highest BCUT2D eigenvalue weighted by molar-refractivity contribution is 7.92. The lowest BCUT2D eigenvalue weighted by molar-refractivity contribution is -0.119. The molecule has 0 unspecified atom stereocenters. The SMILES string of the molecule is Cc1cccc(N(CC(=O)NCc2ccc(-n3ccnc3)cc2)S(C)(=O)=O)c1. The minimum absolute atomic E-state index is 0.268. The van der Waals surface area contributed by atoms with Gasteiger partial charge in [0.1, 0.15) is 6.54 Å². The number of aryl methyl sites for hydroxylation is 1. The van der Waals surface area contributed by atoms with E-state index in [1.54, 1.807) is 30.7 Å². The zero-order chi connectivity index (χ0) is 20.1. The summed E-state index contributed by atoms with van der Waals surface area (Å²) in [6.07, 6.45) is 6.36. The summed E-state index contributed by atoms with van der Waals surface area (Å²) in [5.74, 6) is -0.370. The molecule has 0 bridgehead atoms. The van der Waals surface area contributed by atoms with E-state index in [1.807, 2.05) is 48.0 Å². The maximum atomic E-state index is 12.4. The molecule has 0 fully saturated rings. The Morgan fingerprint density at radius 1 is 1.18 bits per heavy atom. The Hall–Kier alpha value is -3.13. The molecule has 7 nitrogen and oxygen atoms in total. The average Bonchev–Trinajstić information content (AvgIpc) is 3.18. The fraction of sp³-hybridized carbons (Fsp3) is 0.200. The predicted octanol–water partition coefficient (Wildman–Crippen LogP) is 2.26. The molecular formula is C20H22N4O3S. The molecule has 28 heavy (non-hydrogen) atoms. The molecule has 0 aliphatic carbocycles. The molecule has 2 aromatic carbocycles. The minimum Gasteiger partial charge on any atom is -0.350 e. The molecule has 0 spiro atoms. The normalized spacial score (nSPS) is 11.2. The van der Waals surface area contributed by atoms with Crippen LogP contribution in [0.25, 0.3) is 5.69 Å². The fourth-order valence-corrected chi connectivity index (χ4v) is 3.62. The summed E-state index contributed by atoms with van der Waals surface area (Å²) < 4.78 is 27.3. The molecule has 0 saturated heterocycles. The van der Waals surface area contributed by atoms with Crippen LogP contribution in [0, 0.1) is 6.92 Å². The van der Waals surface area contributed by atoms with Gasteiger partial charge in [-0.2, -0.15) is 0 Å². The van der Waals surface area contributed by atoms with Crippen LogP contribution in [0.3, 0.4) is 0 Å². The number of carbonyl (C=O) groups excluding carboxylic acids is 1. The molecule has 3 rings (SSSR count). The summed E-state index contributed by atoms with van der Waals surface area (Å²) in [5.41, 5.74) is 3.28. The monoisotopic (exact) mass is 398 g/mol. The Balaban J connectivity index is 1.63. The Morgan fingerprint density at radius 2 is 1.93 bits per heavy atom. The highest BCUT2D eigenvalue weighted by Crippen LogP contribution is 2.18. The third-order valence-corrected chi connectivity index (χ3v) is 5.35. The van der Waals surface area contributed by atoms with E-state index < -0.39 is 10.0 Å². The number of amides is 1. The van der Waals surface area contributed by atoms with Crippen LogP contribution in [0.5, 0.6) is 0 Å². The summed E-state index contributed by atoms with van der Waals surface area (Å²) in [5, 5.41) is 2.78. The van der Waals surface area contributed by atoms with E-state index in [0.29, 0.717) is 12.2 Å². The maximum absolute atomic E-state index is 12.4. The van der Waals surface area contributed by atoms with Gasteiger partial charge in [-0.1, -0.05) is 24.3 Å². The van der Waals surface area contributed by atoms with E-state index in [0.717, 1.165) is 27.4 Å². The summed E-state index contributed by atoms with van der Waals surface area (Å²) in [7, 11) is -3.58. The Labute approximate surface area is 164 Å². The van der Waals surface area contributed by atoms with Crippen molar-refractivity contribution in [1.29, 1.82) is 0 Å². The molecule has 0 atom stereocenters. The number of rotatable bonds is 7. The van der Waals surface area contributed by atoms with Crippen molar-refractivity contribution in [3.05, 3.63) is 78.4 Å². The summed E-state index contributed by atoms with van der Waals surface area (Å²) >= 11 is 0. The van der Waals surface area contributed by atoms with Crippen molar-refractivity contribution in [2.45, 2.75) is 13.5 Å². The number of benzene rings is 2. The molecule has 1 N–H and O–H groups in total. The van der Waals surface area contributed by atoms with Gasteiger partial charge in [0.2, 0.25) is 15.9 Å². The lowest BCUT2D eigenvalue weighted by atomic mass is 10.2. The number of carbonyl (C=O) groups is 1. The van der Waals surface area contributed by atoms with Crippen LogP contribution in [-0.2, 0) is 21.4 Å². The molecule has 8 heteroatoms. The average molecular weight is 398 g/mol. The largest absolute Gasteiger partial charge is 0.350 e. The lowest BCUT2D eigenvalue weighted by Gasteiger charge is -2.22.